The fourth-order valence-electron chi connectivity index (χ4n) is 3.70. The molecule has 2 aromatic carbocycles. The van der Waals surface area contributed by atoms with Crippen LogP contribution in [-0.2, 0) is 15.8 Å². The van der Waals surface area contributed by atoms with Gasteiger partial charge in [0.05, 0.1) is 11.4 Å². The van der Waals surface area contributed by atoms with E-state index in [1.165, 1.54) is 45.6 Å². The predicted molar refractivity (Wildman–Crippen MR) is 132 cm³/mol. The molecule has 1 atom stereocenters. The van der Waals surface area contributed by atoms with Crippen molar-refractivity contribution in [3.05, 3.63) is 65.5 Å². The number of anilines is 1. The average Bonchev–Trinajstić information content (AvgIpc) is 3.30. The first-order valence-electron chi connectivity index (χ1n) is 10.9. The summed E-state index contributed by atoms with van der Waals surface area (Å²) < 4.78 is 42.0. The maximum absolute atomic E-state index is 13.8. The number of nitrogens with zero attached hydrogens (tertiary/aromatic N) is 3. The lowest BCUT2D eigenvalue weighted by Crippen LogP contribution is -2.39. The zero-order valence-corrected chi connectivity index (χ0v) is 21.1. The molecule has 34 heavy (non-hydrogen) atoms. The van der Waals surface area contributed by atoms with Gasteiger partial charge in [-0.3, -0.25) is 4.79 Å². The largest absolute Gasteiger partial charge is 0.353 e. The first-order chi connectivity index (χ1) is 16.3. The predicted octanol–water partition coefficient (Wildman–Crippen LogP) is 4.68. The number of carbonyl (C=O) groups excluding carboxylic acids is 1. The summed E-state index contributed by atoms with van der Waals surface area (Å²) in [6.07, 6.45) is 1.86. The summed E-state index contributed by atoms with van der Waals surface area (Å²) >= 11 is 2.64. The number of rotatable bonds is 9. The summed E-state index contributed by atoms with van der Waals surface area (Å²) in [5, 5.41) is 11.5. The highest BCUT2D eigenvalue weighted by Gasteiger charge is 2.29. The second-order valence-corrected chi connectivity index (χ2v) is 12.3. The molecule has 0 aliphatic carbocycles. The molecule has 1 aromatic heterocycles. The van der Waals surface area contributed by atoms with E-state index in [4.69, 9.17) is 0 Å². The third-order valence-corrected chi connectivity index (χ3v) is 9.45. The molecule has 180 valence electrons. The Labute approximate surface area is 206 Å². The average molecular weight is 521 g/mol. The lowest BCUT2D eigenvalue weighted by atomic mass is 10.0. The molecule has 1 saturated heterocycles. The number of hydrogen-bond acceptors (Lipinski definition) is 8. The number of ketones is 1. The third-order valence-electron chi connectivity index (χ3n) is 5.53. The molecular formula is C23H25FN4O3S3. The maximum atomic E-state index is 13.8. The van der Waals surface area contributed by atoms with E-state index in [2.05, 4.69) is 15.5 Å². The maximum Gasteiger partial charge on any atom is 0.243 e. The lowest BCUT2D eigenvalue weighted by molar-refractivity contribution is 0.101. The van der Waals surface area contributed by atoms with Crippen LogP contribution in [0.1, 0.15) is 35.7 Å². The van der Waals surface area contributed by atoms with Gasteiger partial charge in [-0.25, -0.2) is 12.8 Å². The molecular weight excluding hydrogens is 495 g/mol. The second-order valence-electron chi connectivity index (χ2n) is 8.17. The van der Waals surface area contributed by atoms with Gasteiger partial charge in [0, 0.05) is 24.4 Å². The summed E-state index contributed by atoms with van der Waals surface area (Å²) in [5.74, 6) is 0.235. The van der Waals surface area contributed by atoms with Gasteiger partial charge >= 0.3 is 0 Å². The van der Waals surface area contributed by atoms with Crippen molar-refractivity contribution >= 4 is 44.0 Å². The van der Waals surface area contributed by atoms with E-state index in [1.807, 2.05) is 6.92 Å². The van der Waals surface area contributed by atoms with E-state index in [0.29, 0.717) is 45.4 Å². The Morgan fingerprint density at radius 1 is 1.24 bits per heavy atom. The standard InChI is InChI=1S/C23H25FN4O3S3/c1-16-6-5-11-28(14-16)34(30,31)19-9-4-8-17(12-19)21(29)13-25-22-26-27-23(33-22)32-15-18-7-2-3-10-20(18)24/h2-4,7-10,12,16H,5-6,11,13-15H2,1H3,(H,25,26). The number of hydrogen-bond donors (Lipinski definition) is 1. The molecule has 11 heteroatoms. The Bertz CT molecular complexity index is 1270. The number of nitrogens with one attached hydrogen (secondary N) is 1. The van der Waals surface area contributed by atoms with Crippen LogP contribution < -0.4 is 5.32 Å². The zero-order valence-electron chi connectivity index (χ0n) is 18.6. The van der Waals surface area contributed by atoms with Crippen molar-refractivity contribution in [1.82, 2.24) is 14.5 Å². The molecule has 1 fully saturated rings. The number of benzene rings is 2. The number of thioether (sulfide) groups is 1. The van der Waals surface area contributed by atoms with Crippen LogP contribution in [0.4, 0.5) is 9.52 Å². The van der Waals surface area contributed by atoms with Gasteiger partial charge < -0.3 is 5.32 Å². The van der Waals surface area contributed by atoms with E-state index in [0.717, 1.165) is 12.8 Å². The van der Waals surface area contributed by atoms with Gasteiger partial charge in [-0.1, -0.05) is 60.4 Å². The molecule has 0 spiro atoms. The van der Waals surface area contributed by atoms with Crippen LogP contribution in [0, 0.1) is 11.7 Å². The van der Waals surface area contributed by atoms with Crippen molar-refractivity contribution in [3.8, 4) is 0 Å². The molecule has 1 aliphatic heterocycles. The van der Waals surface area contributed by atoms with Gasteiger partial charge in [-0.15, -0.1) is 10.2 Å². The van der Waals surface area contributed by atoms with Crippen LogP contribution >= 0.6 is 23.1 Å². The minimum Gasteiger partial charge on any atom is -0.353 e. The van der Waals surface area contributed by atoms with Crippen LogP contribution in [0.2, 0.25) is 0 Å². The first kappa shape index (κ1) is 24.8. The van der Waals surface area contributed by atoms with Crippen molar-refractivity contribution in [2.75, 3.05) is 25.0 Å². The summed E-state index contributed by atoms with van der Waals surface area (Å²) in [6.45, 7) is 3.00. The van der Waals surface area contributed by atoms with Crippen LogP contribution in [0.5, 0.6) is 0 Å². The smallest absolute Gasteiger partial charge is 0.243 e. The van der Waals surface area contributed by atoms with Gasteiger partial charge in [0.15, 0.2) is 10.1 Å². The van der Waals surface area contributed by atoms with E-state index in [9.17, 15) is 17.6 Å². The molecule has 0 radical (unpaired) electrons. The highest BCUT2D eigenvalue weighted by molar-refractivity contribution is 8.00. The molecule has 1 unspecified atom stereocenters. The molecule has 2 heterocycles. The number of Topliss-reactive ketones (excluding diaryl/α,β-unsaturated/α-hetero) is 1. The number of halogens is 1. The van der Waals surface area contributed by atoms with E-state index in [-0.39, 0.29) is 23.0 Å². The Balaban J connectivity index is 1.35. The molecule has 1 N–H and O–H groups in total. The Morgan fingerprint density at radius 2 is 2.06 bits per heavy atom. The van der Waals surface area contributed by atoms with Crippen LogP contribution in [0.3, 0.4) is 0 Å². The van der Waals surface area contributed by atoms with E-state index < -0.39 is 10.0 Å². The Hall–Kier alpha value is -2.34. The molecule has 3 aromatic rings. The fourth-order valence-corrected chi connectivity index (χ4v) is 7.07. The van der Waals surface area contributed by atoms with Crippen LogP contribution in [0.15, 0.2) is 57.8 Å². The highest BCUT2D eigenvalue weighted by atomic mass is 32.2. The van der Waals surface area contributed by atoms with Gasteiger partial charge in [-0.2, -0.15) is 4.31 Å². The van der Waals surface area contributed by atoms with Crippen molar-refractivity contribution in [2.45, 2.75) is 34.8 Å². The number of piperidine rings is 1. The Kier molecular flexibility index (Phi) is 7.97. The summed E-state index contributed by atoms with van der Waals surface area (Å²) in [5.41, 5.74) is 0.901. The summed E-state index contributed by atoms with van der Waals surface area (Å²) in [6, 6.07) is 12.7. The minimum absolute atomic E-state index is 0.0448. The van der Waals surface area contributed by atoms with Crippen molar-refractivity contribution in [1.29, 1.82) is 0 Å². The SMILES string of the molecule is CC1CCCN(S(=O)(=O)c2cccc(C(=O)CNc3nnc(SCc4ccccc4F)s3)c2)C1. The van der Waals surface area contributed by atoms with E-state index in [1.54, 1.807) is 30.3 Å². The van der Waals surface area contributed by atoms with Gasteiger partial charge in [0.1, 0.15) is 5.82 Å². The van der Waals surface area contributed by atoms with Gasteiger partial charge in [0.2, 0.25) is 15.2 Å². The van der Waals surface area contributed by atoms with Crippen molar-refractivity contribution in [2.24, 2.45) is 5.92 Å². The molecule has 0 saturated carbocycles. The minimum atomic E-state index is -3.64. The number of aromatic nitrogens is 2. The molecule has 1 aliphatic rings. The number of carbonyl (C=O) groups is 1. The monoisotopic (exact) mass is 520 g/mol. The zero-order chi connectivity index (χ0) is 24.1. The summed E-state index contributed by atoms with van der Waals surface area (Å²) in [7, 11) is -3.64. The van der Waals surface area contributed by atoms with E-state index >= 15 is 0 Å². The summed E-state index contributed by atoms with van der Waals surface area (Å²) in [4.78, 5) is 12.9. The van der Waals surface area contributed by atoms with Gasteiger partial charge in [0.25, 0.3) is 0 Å². The van der Waals surface area contributed by atoms with Crippen LogP contribution in [-0.4, -0.2) is 48.3 Å². The molecule has 7 nitrogen and oxygen atoms in total. The van der Waals surface area contributed by atoms with Crippen molar-refractivity contribution < 1.29 is 17.6 Å². The molecule has 4 rings (SSSR count). The Morgan fingerprint density at radius 3 is 2.85 bits per heavy atom. The fraction of sp³-hybridized carbons (Fsp3) is 0.348. The lowest BCUT2D eigenvalue weighted by Gasteiger charge is -2.30. The third kappa shape index (κ3) is 6.01. The normalized spacial score (nSPS) is 16.9. The van der Waals surface area contributed by atoms with Gasteiger partial charge in [-0.05, 0) is 42.5 Å². The molecule has 0 bridgehead atoms. The first-order valence-corrected chi connectivity index (χ1v) is 14.1. The van der Waals surface area contributed by atoms with Crippen LogP contribution in [0.25, 0.3) is 0 Å². The second kappa shape index (κ2) is 10.9. The molecule has 0 amide bonds. The number of sulfonamides is 1. The van der Waals surface area contributed by atoms with Crippen molar-refractivity contribution in [3.63, 3.8) is 0 Å². The quantitative estimate of drug-likeness (QED) is 0.323. The highest BCUT2D eigenvalue weighted by Crippen LogP contribution is 2.29. The topological polar surface area (TPSA) is 92.3 Å².